The Morgan fingerprint density at radius 2 is 2.22 bits per heavy atom. The summed E-state index contributed by atoms with van der Waals surface area (Å²) in [6.45, 7) is 4.62. The number of esters is 1. The monoisotopic (exact) mass is 430 g/mol. The highest BCUT2D eigenvalue weighted by atomic mass is 79.9. The van der Waals surface area contributed by atoms with Crippen LogP contribution in [0, 0.1) is 17.3 Å². The average molecular weight is 431 g/mol. The maximum atomic E-state index is 11.7. The van der Waals surface area contributed by atoms with E-state index in [0.717, 1.165) is 19.3 Å². The number of allylic oxidation sites excluding steroid dienone is 3. The molecule has 1 aromatic carbocycles. The van der Waals surface area contributed by atoms with Crippen LogP contribution in [0.5, 0.6) is 5.75 Å². The Hall–Kier alpha value is -1.55. The summed E-state index contributed by atoms with van der Waals surface area (Å²) in [7, 11) is 0. The minimum atomic E-state index is -0.269. The molecule has 4 atom stereocenters. The van der Waals surface area contributed by atoms with Crippen molar-refractivity contribution in [3.05, 3.63) is 51.5 Å². The summed E-state index contributed by atoms with van der Waals surface area (Å²) in [6, 6.07) is 5.93. The van der Waals surface area contributed by atoms with Crippen LogP contribution in [-0.2, 0) is 16.0 Å². The molecule has 4 rings (SSSR count). The fraction of sp³-hybridized carbons (Fsp3) is 0.522. The lowest BCUT2D eigenvalue weighted by molar-refractivity contribution is -0.137. The topological polar surface area (TPSA) is 46.5 Å². The van der Waals surface area contributed by atoms with E-state index in [-0.39, 0.29) is 11.4 Å². The molecule has 0 aromatic heterocycles. The summed E-state index contributed by atoms with van der Waals surface area (Å²) in [5, 5.41) is 9.83. The highest BCUT2D eigenvalue weighted by Gasteiger charge is 2.52. The molecule has 3 aliphatic rings. The molecule has 3 nitrogen and oxygen atoms in total. The fourth-order valence-electron chi connectivity index (χ4n) is 5.73. The van der Waals surface area contributed by atoms with Gasteiger partial charge >= 0.3 is 5.97 Å². The number of aromatic hydroxyl groups is 1. The fourth-order valence-corrected chi connectivity index (χ4v) is 6.52. The van der Waals surface area contributed by atoms with Gasteiger partial charge in [-0.05, 0) is 85.6 Å². The molecule has 144 valence electrons. The van der Waals surface area contributed by atoms with E-state index in [0.29, 0.717) is 30.1 Å². The Morgan fingerprint density at radius 1 is 1.41 bits per heavy atom. The lowest BCUT2D eigenvalue weighted by atomic mass is 9.56. The van der Waals surface area contributed by atoms with Crippen LogP contribution in [0.15, 0.2) is 40.4 Å². The number of rotatable bonds is 3. The summed E-state index contributed by atoms with van der Waals surface area (Å²) < 4.78 is 6.30. The van der Waals surface area contributed by atoms with E-state index in [1.54, 1.807) is 6.08 Å². The number of carbonyl (C=O) groups excluding carboxylic acids is 1. The van der Waals surface area contributed by atoms with Crippen molar-refractivity contribution >= 4 is 21.9 Å². The van der Waals surface area contributed by atoms with Gasteiger partial charge in [0.1, 0.15) is 5.75 Å². The van der Waals surface area contributed by atoms with Crippen molar-refractivity contribution in [2.24, 2.45) is 17.3 Å². The number of carbonyl (C=O) groups is 1. The molecular weight excluding hydrogens is 404 g/mol. The van der Waals surface area contributed by atoms with Crippen molar-refractivity contribution in [2.75, 3.05) is 6.61 Å². The van der Waals surface area contributed by atoms with Crippen molar-refractivity contribution in [3.8, 4) is 5.75 Å². The quantitative estimate of drug-likeness (QED) is 0.499. The Morgan fingerprint density at radius 3 is 3.00 bits per heavy atom. The number of benzene rings is 1. The van der Waals surface area contributed by atoms with Gasteiger partial charge in [-0.25, -0.2) is 4.79 Å². The molecular formula is C23H27BrO3. The molecule has 27 heavy (non-hydrogen) atoms. The van der Waals surface area contributed by atoms with E-state index in [2.05, 4.69) is 28.9 Å². The third-order valence-electron chi connectivity index (χ3n) is 7.03. The van der Waals surface area contributed by atoms with Crippen LogP contribution in [0.1, 0.15) is 56.6 Å². The average Bonchev–Trinajstić information content (AvgIpc) is 2.91. The van der Waals surface area contributed by atoms with Crippen LogP contribution in [-0.4, -0.2) is 17.7 Å². The largest absolute Gasteiger partial charge is 0.508 e. The third kappa shape index (κ3) is 3.16. The number of phenolic OH excluding ortho intramolecular Hbond substituents is 1. The molecule has 1 saturated carbocycles. The summed E-state index contributed by atoms with van der Waals surface area (Å²) in [4.78, 5) is 11.7. The van der Waals surface area contributed by atoms with E-state index < -0.39 is 0 Å². The number of halogens is 1. The highest BCUT2D eigenvalue weighted by molar-refractivity contribution is 9.11. The first kappa shape index (κ1) is 18.8. The molecule has 0 heterocycles. The van der Waals surface area contributed by atoms with Gasteiger partial charge in [-0.1, -0.05) is 35.0 Å². The first-order valence-corrected chi connectivity index (χ1v) is 10.8. The second kappa shape index (κ2) is 7.12. The molecule has 1 fully saturated rings. The van der Waals surface area contributed by atoms with Gasteiger partial charge in [0.25, 0.3) is 0 Å². The third-order valence-corrected chi connectivity index (χ3v) is 8.45. The molecule has 3 aliphatic carbocycles. The van der Waals surface area contributed by atoms with Gasteiger partial charge in [-0.3, -0.25) is 0 Å². The van der Waals surface area contributed by atoms with Crippen molar-refractivity contribution in [3.63, 3.8) is 0 Å². The van der Waals surface area contributed by atoms with Crippen molar-refractivity contribution in [1.29, 1.82) is 0 Å². The van der Waals surface area contributed by atoms with Gasteiger partial charge in [0, 0.05) is 16.0 Å². The zero-order chi connectivity index (χ0) is 19.2. The zero-order valence-corrected chi connectivity index (χ0v) is 17.6. The predicted octanol–water partition coefficient (Wildman–Crippen LogP) is 5.63. The minimum absolute atomic E-state index is 0.157. The lowest BCUT2D eigenvalue weighted by Crippen LogP contribution is -2.40. The zero-order valence-electron chi connectivity index (χ0n) is 16.0. The van der Waals surface area contributed by atoms with E-state index in [1.165, 1.54) is 34.0 Å². The maximum absolute atomic E-state index is 11.7. The van der Waals surface area contributed by atoms with Crippen LogP contribution in [0.2, 0.25) is 0 Å². The molecule has 1 aromatic rings. The van der Waals surface area contributed by atoms with Crippen LogP contribution in [0.4, 0.5) is 0 Å². The predicted molar refractivity (Wildman–Crippen MR) is 110 cm³/mol. The second-order valence-electron chi connectivity index (χ2n) is 8.38. The molecule has 4 heteroatoms. The molecule has 0 amide bonds. The maximum Gasteiger partial charge on any atom is 0.330 e. The summed E-state index contributed by atoms with van der Waals surface area (Å²) in [6.07, 6.45) is 9.09. The summed E-state index contributed by atoms with van der Waals surface area (Å²) in [5.41, 5.74) is 4.17. The van der Waals surface area contributed by atoms with Crippen LogP contribution in [0.3, 0.4) is 0 Å². The van der Waals surface area contributed by atoms with E-state index in [9.17, 15) is 9.90 Å². The minimum Gasteiger partial charge on any atom is -0.508 e. The van der Waals surface area contributed by atoms with Crippen molar-refractivity contribution in [2.45, 2.75) is 51.9 Å². The van der Waals surface area contributed by atoms with Gasteiger partial charge in [-0.2, -0.15) is 0 Å². The first-order valence-electron chi connectivity index (χ1n) is 9.99. The molecule has 0 saturated heterocycles. The van der Waals surface area contributed by atoms with Gasteiger partial charge in [0.15, 0.2) is 0 Å². The van der Waals surface area contributed by atoms with Crippen LogP contribution < -0.4 is 0 Å². The number of phenols is 1. The number of fused-ring (bicyclic) bond motifs is 5. The van der Waals surface area contributed by atoms with E-state index in [4.69, 9.17) is 4.74 Å². The molecule has 0 bridgehead atoms. The van der Waals surface area contributed by atoms with Gasteiger partial charge in [-0.15, -0.1) is 0 Å². The Kier molecular flexibility index (Phi) is 4.96. The molecule has 0 radical (unpaired) electrons. The number of aryl methyl sites for hydroxylation is 1. The van der Waals surface area contributed by atoms with E-state index in [1.807, 2.05) is 25.1 Å². The Bertz CT molecular complexity index is 825. The molecule has 0 aliphatic heterocycles. The summed E-state index contributed by atoms with van der Waals surface area (Å²) in [5.74, 6) is 1.94. The highest BCUT2D eigenvalue weighted by Crippen LogP contribution is 2.64. The molecule has 0 spiro atoms. The second-order valence-corrected chi connectivity index (χ2v) is 9.18. The van der Waals surface area contributed by atoms with Crippen LogP contribution in [0.25, 0.3) is 0 Å². The Balaban J connectivity index is 1.60. The number of hydrogen-bond donors (Lipinski definition) is 1. The normalized spacial score (nSPS) is 32.2. The van der Waals surface area contributed by atoms with Crippen molar-refractivity contribution < 1.29 is 14.6 Å². The van der Waals surface area contributed by atoms with Gasteiger partial charge < -0.3 is 9.84 Å². The molecule has 0 unspecified atom stereocenters. The van der Waals surface area contributed by atoms with Gasteiger partial charge in [0.05, 0.1) is 6.61 Å². The van der Waals surface area contributed by atoms with E-state index >= 15 is 0 Å². The first-order chi connectivity index (χ1) is 12.9. The van der Waals surface area contributed by atoms with Crippen molar-refractivity contribution in [1.82, 2.24) is 0 Å². The lowest BCUT2D eigenvalue weighted by Gasteiger charge is -2.49. The Labute approximate surface area is 169 Å². The SMILES string of the molecule is CCOC(=O)C=CC1=C(Br)[C@@]2(C)CC[C@@H]3c4ccc(O)cc4CC[C@H]3[C@@H]2C1. The van der Waals surface area contributed by atoms with Gasteiger partial charge in [0.2, 0.25) is 0 Å². The number of hydrogen-bond acceptors (Lipinski definition) is 3. The molecule has 1 N–H and O–H groups in total. The number of ether oxygens (including phenoxy) is 1. The van der Waals surface area contributed by atoms with Crippen LogP contribution >= 0.6 is 15.9 Å². The smallest absolute Gasteiger partial charge is 0.330 e. The standard InChI is InChI=1S/C23H27BrO3/c1-3-27-21(26)9-5-15-13-20-19-7-4-14-12-16(25)6-8-17(14)18(19)10-11-23(20,2)22(15)24/h5-6,8-9,12,18-20,25H,3-4,7,10-11,13H2,1-2H3/t18-,19-,20+,23+/m1/s1. The summed E-state index contributed by atoms with van der Waals surface area (Å²) >= 11 is 3.89.